The maximum absolute atomic E-state index is 9.39. The first-order valence-electron chi connectivity index (χ1n) is 3.18. The standard InChI is InChI=1S/C6H13NO2/c1-6(8)4-9-3-2-5(6)7/h5,8H,2-4,7H2,1H3/t5-,6-/m0/s1. The maximum atomic E-state index is 9.39. The van der Waals surface area contributed by atoms with Crippen LogP contribution < -0.4 is 5.73 Å². The molecule has 1 rings (SSSR count). The molecule has 2 atom stereocenters. The van der Waals surface area contributed by atoms with Crippen LogP contribution in [0.5, 0.6) is 0 Å². The summed E-state index contributed by atoms with van der Waals surface area (Å²) in [5.74, 6) is 0. The van der Waals surface area contributed by atoms with E-state index in [1.54, 1.807) is 6.92 Å². The van der Waals surface area contributed by atoms with E-state index >= 15 is 0 Å². The molecule has 1 aliphatic heterocycles. The van der Waals surface area contributed by atoms with Gasteiger partial charge in [0.2, 0.25) is 0 Å². The maximum Gasteiger partial charge on any atom is 0.100 e. The Morgan fingerprint density at radius 1 is 1.78 bits per heavy atom. The van der Waals surface area contributed by atoms with E-state index in [0.717, 1.165) is 6.42 Å². The quantitative estimate of drug-likeness (QED) is 0.465. The van der Waals surface area contributed by atoms with Crippen LogP contribution in [0.1, 0.15) is 13.3 Å². The molecule has 0 spiro atoms. The summed E-state index contributed by atoms with van der Waals surface area (Å²) >= 11 is 0. The molecule has 1 fully saturated rings. The molecule has 54 valence electrons. The number of hydrogen-bond donors (Lipinski definition) is 2. The van der Waals surface area contributed by atoms with Crippen LogP contribution in [-0.2, 0) is 4.74 Å². The Labute approximate surface area is 54.8 Å². The molecule has 0 radical (unpaired) electrons. The van der Waals surface area contributed by atoms with Crippen LogP contribution in [0.4, 0.5) is 0 Å². The summed E-state index contributed by atoms with van der Waals surface area (Å²) in [6, 6.07) is -0.119. The molecular weight excluding hydrogens is 118 g/mol. The molecule has 0 saturated carbocycles. The third-order valence-corrected chi connectivity index (χ3v) is 1.77. The van der Waals surface area contributed by atoms with E-state index in [1.165, 1.54) is 0 Å². The van der Waals surface area contributed by atoms with E-state index in [2.05, 4.69) is 0 Å². The van der Waals surface area contributed by atoms with Gasteiger partial charge in [-0.2, -0.15) is 0 Å². The van der Waals surface area contributed by atoms with Gasteiger partial charge >= 0.3 is 0 Å². The predicted octanol–water partition coefficient (Wildman–Crippen LogP) is -0.515. The van der Waals surface area contributed by atoms with Crippen molar-refractivity contribution in [1.29, 1.82) is 0 Å². The van der Waals surface area contributed by atoms with Crippen molar-refractivity contribution in [2.75, 3.05) is 13.2 Å². The van der Waals surface area contributed by atoms with E-state index in [1.807, 2.05) is 0 Å². The molecule has 3 heteroatoms. The number of aliphatic hydroxyl groups is 1. The van der Waals surface area contributed by atoms with Gasteiger partial charge in [-0.15, -0.1) is 0 Å². The molecular formula is C6H13NO2. The minimum Gasteiger partial charge on any atom is -0.386 e. The highest BCUT2D eigenvalue weighted by molar-refractivity contribution is 4.87. The van der Waals surface area contributed by atoms with E-state index < -0.39 is 5.60 Å². The first-order valence-corrected chi connectivity index (χ1v) is 3.18. The molecule has 0 aromatic heterocycles. The van der Waals surface area contributed by atoms with Crippen molar-refractivity contribution in [3.05, 3.63) is 0 Å². The van der Waals surface area contributed by atoms with E-state index in [-0.39, 0.29) is 6.04 Å². The van der Waals surface area contributed by atoms with Crippen molar-refractivity contribution < 1.29 is 9.84 Å². The van der Waals surface area contributed by atoms with Gasteiger partial charge in [0.15, 0.2) is 0 Å². The van der Waals surface area contributed by atoms with Crippen molar-refractivity contribution in [3.63, 3.8) is 0 Å². The first-order chi connectivity index (χ1) is 4.13. The molecule has 0 bridgehead atoms. The molecule has 0 aliphatic carbocycles. The minimum atomic E-state index is -0.807. The van der Waals surface area contributed by atoms with Gasteiger partial charge in [-0.05, 0) is 13.3 Å². The van der Waals surface area contributed by atoms with Gasteiger partial charge in [0.1, 0.15) is 5.60 Å². The lowest BCUT2D eigenvalue weighted by Crippen LogP contribution is -2.52. The zero-order chi connectivity index (χ0) is 6.91. The normalized spacial score (nSPS) is 45.0. The van der Waals surface area contributed by atoms with Gasteiger partial charge in [-0.3, -0.25) is 0 Å². The SMILES string of the molecule is C[C@]1(O)COCC[C@@H]1N. The van der Waals surface area contributed by atoms with Gasteiger partial charge in [-0.25, -0.2) is 0 Å². The van der Waals surface area contributed by atoms with Crippen molar-refractivity contribution in [1.82, 2.24) is 0 Å². The Hall–Kier alpha value is -0.120. The Balaban J connectivity index is 2.49. The summed E-state index contributed by atoms with van der Waals surface area (Å²) in [5.41, 5.74) is 4.78. The van der Waals surface area contributed by atoms with Crippen LogP contribution in [0.3, 0.4) is 0 Å². The van der Waals surface area contributed by atoms with Gasteiger partial charge in [0.05, 0.1) is 6.61 Å². The van der Waals surface area contributed by atoms with E-state index in [9.17, 15) is 5.11 Å². The van der Waals surface area contributed by atoms with Gasteiger partial charge in [0.25, 0.3) is 0 Å². The third-order valence-electron chi connectivity index (χ3n) is 1.77. The fourth-order valence-corrected chi connectivity index (χ4v) is 0.907. The topological polar surface area (TPSA) is 55.5 Å². The lowest BCUT2D eigenvalue weighted by atomic mass is 9.94. The third kappa shape index (κ3) is 1.41. The second-order valence-electron chi connectivity index (χ2n) is 2.80. The van der Waals surface area contributed by atoms with Crippen LogP contribution in [0.15, 0.2) is 0 Å². The highest BCUT2D eigenvalue weighted by Crippen LogP contribution is 2.16. The van der Waals surface area contributed by atoms with E-state index in [0.29, 0.717) is 13.2 Å². The second-order valence-corrected chi connectivity index (χ2v) is 2.80. The number of rotatable bonds is 0. The molecule has 0 amide bonds. The van der Waals surface area contributed by atoms with E-state index in [4.69, 9.17) is 10.5 Å². The summed E-state index contributed by atoms with van der Waals surface area (Å²) in [6.45, 7) is 2.75. The lowest BCUT2D eigenvalue weighted by Gasteiger charge is -2.33. The largest absolute Gasteiger partial charge is 0.386 e. The average molecular weight is 131 g/mol. The Kier molecular flexibility index (Phi) is 1.75. The second kappa shape index (κ2) is 2.25. The molecule has 0 aromatic carbocycles. The van der Waals surface area contributed by atoms with Crippen molar-refractivity contribution in [2.45, 2.75) is 25.0 Å². The number of hydrogen-bond acceptors (Lipinski definition) is 3. The average Bonchev–Trinajstić information content (AvgIpc) is 1.77. The summed E-state index contributed by atoms with van der Waals surface area (Å²) in [7, 11) is 0. The lowest BCUT2D eigenvalue weighted by molar-refractivity contribution is -0.0862. The molecule has 0 aromatic rings. The highest BCUT2D eigenvalue weighted by atomic mass is 16.5. The molecule has 1 saturated heterocycles. The summed E-state index contributed by atoms with van der Waals surface area (Å²) in [4.78, 5) is 0. The minimum absolute atomic E-state index is 0.119. The summed E-state index contributed by atoms with van der Waals surface area (Å²) < 4.78 is 5.03. The monoisotopic (exact) mass is 131 g/mol. The van der Waals surface area contributed by atoms with Crippen LogP contribution in [0.2, 0.25) is 0 Å². The highest BCUT2D eigenvalue weighted by Gasteiger charge is 2.32. The smallest absolute Gasteiger partial charge is 0.100 e. The molecule has 1 heterocycles. The van der Waals surface area contributed by atoms with Crippen LogP contribution >= 0.6 is 0 Å². The fraction of sp³-hybridized carbons (Fsp3) is 1.00. The van der Waals surface area contributed by atoms with Gasteiger partial charge in [-0.1, -0.05) is 0 Å². The van der Waals surface area contributed by atoms with Crippen molar-refractivity contribution in [2.24, 2.45) is 5.73 Å². The van der Waals surface area contributed by atoms with Crippen molar-refractivity contribution in [3.8, 4) is 0 Å². The van der Waals surface area contributed by atoms with Gasteiger partial charge in [0, 0.05) is 12.6 Å². The van der Waals surface area contributed by atoms with Crippen LogP contribution in [0, 0.1) is 0 Å². The summed E-state index contributed by atoms with van der Waals surface area (Å²) in [5, 5.41) is 9.39. The molecule has 3 N–H and O–H groups in total. The number of ether oxygens (including phenoxy) is 1. The molecule has 3 nitrogen and oxygen atoms in total. The molecule has 0 unspecified atom stereocenters. The van der Waals surface area contributed by atoms with Crippen LogP contribution in [-0.4, -0.2) is 30.0 Å². The molecule has 9 heavy (non-hydrogen) atoms. The van der Waals surface area contributed by atoms with Crippen LogP contribution in [0.25, 0.3) is 0 Å². The summed E-state index contributed by atoms with van der Waals surface area (Å²) in [6.07, 6.45) is 0.757. The van der Waals surface area contributed by atoms with Crippen molar-refractivity contribution >= 4 is 0 Å². The first kappa shape index (κ1) is 6.99. The number of nitrogens with two attached hydrogens (primary N) is 1. The fourth-order valence-electron chi connectivity index (χ4n) is 0.907. The zero-order valence-electron chi connectivity index (χ0n) is 5.63. The van der Waals surface area contributed by atoms with Gasteiger partial charge < -0.3 is 15.6 Å². The predicted molar refractivity (Wildman–Crippen MR) is 34.0 cm³/mol. The Morgan fingerprint density at radius 2 is 2.44 bits per heavy atom. The zero-order valence-corrected chi connectivity index (χ0v) is 5.63. The Morgan fingerprint density at radius 3 is 2.78 bits per heavy atom. The molecule has 1 aliphatic rings. The Bertz CT molecular complexity index is 103.